The Labute approximate surface area is 52.0 Å². The lowest BCUT2D eigenvalue weighted by atomic mass is 10.4. The van der Waals surface area contributed by atoms with Crippen LogP contribution in [0.4, 0.5) is 0 Å². The highest BCUT2D eigenvalue weighted by Crippen LogP contribution is 2.01. The number of furan rings is 1. The molecule has 0 N–H and O–H groups in total. The van der Waals surface area contributed by atoms with Crippen molar-refractivity contribution in [3.63, 3.8) is 0 Å². The maximum atomic E-state index is 9.52. The van der Waals surface area contributed by atoms with Crippen molar-refractivity contribution in [2.24, 2.45) is 5.18 Å². The molecule has 0 aliphatic heterocycles. The summed E-state index contributed by atoms with van der Waals surface area (Å²) in [5.74, 6) is 0.634. The van der Waals surface area contributed by atoms with E-state index < -0.39 is 0 Å². The van der Waals surface area contributed by atoms with E-state index in [-0.39, 0.29) is 0 Å². The molecule has 0 aliphatic carbocycles. The molecule has 46 valence electrons. The Hall–Kier alpha value is -1.38. The minimum Gasteiger partial charge on any atom is -0.465 e. The lowest BCUT2D eigenvalue weighted by molar-refractivity contribution is 0.557. The van der Waals surface area contributed by atoms with E-state index in [1.165, 1.54) is 12.3 Å². The quantitative estimate of drug-likeness (QED) is 0.564. The number of hydrogen-bond donors (Lipinski definition) is 0. The van der Waals surface area contributed by atoms with Gasteiger partial charge in [-0.2, -0.15) is 0 Å². The number of hydrogen-bond acceptors (Lipinski definition) is 3. The molecule has 0 atom stereocenters. The molecule has 0 aromatic carbocycles. The van der Waals surface area contributed by atoms with Crippen molar-refractivity contribution in [3.05, 3.63) is 35.3 Å². The average molecular weight is 123 g/mol. The highest BCUT2D eigenvalue weighted by Gasteiger charge is 1.83. The summed E-state index contributed by atoms with van der Waals surface area (Å²) in [5, 5.41) is 2.52. The first-order chi connectivity index (χ1) is 4.43. The highest BCUT2D eigenvalue weighted by molar-refractivity contribution is 5.41. The molecular weight excluding hydrogens is 118 g/mol. The van der Waals surface area contributed by atoms with E-state index in [4.69, 9.17) is 4.42 Å². The summed E-state index contributed by atoms with van der Waals surface area (Å²) in [4.78, 5) is 9.52. The van der Waals surface area contributed by atoms with Crippen molar-refractivity contribution in [2.45, 2.75) is 0 Å². The van der Waals surface area contributed by atoms with Crippen molar-refractivity contribution in [1.29, 1.82) is 0 Å². The predicted molar refractivity (Wildman–Crippen MR) is 33.5 cm³/mol. The van der Waals surface area contributed by atoms with Gasteiger partial charge in [-0.05, 0) is 17.3 Å². The SMILES string of the molecule is O=NC=Cc1ccco1. The molecule has 0 spiro atoms. The van der Waals surface area contributed by atoms with E-state index >= 15 is 0 Å². The summed E-state index contributed by atoms with van der Waals surface area (Å²) >= 11 is 0. The second-order valence-corrected chi connectivity index (χ2v) is 1.44. The van der Waals surface area contributed by atoms with Gasteiger partial charge in [0.1, 0.15) is 5.76 Å². The summed E-state index contributed by atoms with van der Waals surface area (Å²) in [7, 11) is 0. The minimum absolute atomic E-state index is 0.634. The third kappa shape index (κ3) is 1.53. The van der Waals surface area contributed by atoms with Gasteiger partial charge in [-0.1, -0.05) is 0 Å². The van der Waals surface area contributed by atoms with Crippen LogP contribution in [0.5, 0.6) is 0 Å². The molecule has 0 bridgehead atoms. The highest BCUT2D eigenvalue weighted by atomic mass is 16.3. The van der Waals surface area contributed by atoms with E-state index in [0.717, 1.165) is 6.20 Å². The van der Waals surface area contributed by atoms with Gasteiger partial charge in [0.15, 0.2) is 0 Å². The number of nitrogens with zero attached hydrogens (tertiary/aromatic N) is 1. The van der Waals surface area contributed by atoms with Crippen molar-refractivity contribution in [2.75, 3.05) is 0 Å². The van der Waals surface area contributed by atoms with Gasteiger partial charge in [-0.3, -0.25) is 0 Å². The molecule has 1 rings (SSSR count). The molecule has 0 unspecified atom stereocenters. The molecular formula is C6H5NO2. The van der Waals surface area contributed by atoms with Gasteiger partial charge in [-0.15, -0.1) is 4.91 Å². The summed E-state index contributed by atoms with van der Waals surface area (Å²) < 4.78 is 4.85. The van der Waals surface area contributed by atoms with Crippen LogP contribution in [0, 0.1) is 4.91 Å². The van der Waals surface area contributed by atoms with Gasteiger partial charge in [0.05, 0.1) is 12.5 Å². The monoisotopic (exact) mass is 123 g/mol. The zero-order valence-corrected chi connectivity index (χ0v) is 4.65. The van der Waals surface area contributed by atoms with Gasteiger partial charge in [0.25, 0.3) is 0 Å². The summed E-state index contributed by atoms with van der Waals surface area (Å²) in [5.41, 5.74) is 0. The van der Waals surface area contributed by atoms with E-state index in [1.54, 1.807) is 12.1 Å². The van der Waals surface area contributed by atoms with Crippen LogP contribution in [0.2, 0.25) is 0 Å². The zero-order valence-electron chi connectivity index (χ0n) is 4.65. The lowest BCUT2D eigenvalue weighted by Crippen LogP contribution is -1.55. The Morgan fingerprint density at radius 1 is 1.67 bits per heavy atom. The minimum atomic E-state index is 0.634. The van der Waals surface area contributed by atoms with Crippen LogP contribution in [-0.2, 0) is 0 Å². The number of rotatable bonds is 2. The molecule has 0 saturated heterocycles. The molecule has 0 aliphatic rings. The van der Waals surface area contributed by atoms with Gasteiger partial charge in [0.2, 0.25) is 0 Å². The number of nitroso groups, excluding NO2 is 1. The fraction of sp³-hybridized carbons (Fsp3) is 0. The molecule has 0 saturated carbocycles. The van der Waals surface area contributed by atoms with Gasteiger partial charge in [-0.25, -0.2) is 0 Å². The predicted octanol–water partition coefficient (Wildman–Crippen LogP) is 2.02. The molecule has 3 nitrogen and oxygen atoms in total. The Kier molecular flexibility index (Phi) is 1.80. The first-order valence-corrected chi connectivity index (χ1v) is 2.46. The molecule has 1 aromatic rings. The van der Waals surface area contributed by atoms with E-state index in [2.05, 4.69) is 5.18 Å². The molecule has 0 amide bonds. The van der Waals surface area contributed by atoms with E-state index in [1.807, 2.05) is 0 Å². The van der Waals surface area contributed by atoms with Crippen LogP contribution in [0.1, 0.15) is 5.76 Å². The molecule has 9 heavy (non-hydrogen) atoms. The third-order valence-corrected chi connectivity index (χ3v) is 0.843. The fourth-order valence-electron chi connectivity index (χ4n) is 0.490. The maximum Gasteiger partial charge on any atom is 0.128 e. The van der Waals surface area contributed by atoms with Crippen molar-refractivity contribution < 1.29 is 4.42 Å². The third-order valence-electron chi connectivity index (χ3n) is 0.843. The standard InChI is InChI=1S/C6H5NO2/c8-7-4-3-6-2-1-5-9-6/h1-5H. The van der Waals surface area contributed by atoms with Crippen molar-refractivity contribution in [3.8, 4) is 0 Å². The Bertz CT molecular complexity index is 201. The first-order valence-electron chi connectivity index (χ1n) is 2.46. The second-order valence-electron chi connectivity index (χ2n) is 1.44. The Balaban J connectivity index is 2.67. The maximum absolute atomic E-state index is 9.52. The summed E-state index contributed by atoms with van der Waals surface area (Å²) in [6, 6.07) is 3.48. The summed E-state index contributed by atoms with van der Waals surface area (Å²) in [6.45, 7) is 0. The van der Waals surface area contributed by atoms with Crippen LogP contribution in [0.15, 0.2) is 34.2 Å². The zero-order chi connectivity index (χ0) is 6.53. The van der Waals surface area contributed by atoms with Crippen LogP contribution in [-0.4, -0.2) is 0 Å². The summed E-state index contributed by atoms with van der Waals surface area (Å²) in [6.07, 6.45) is 4.16. The average Bonchev–Trinajstić information content (AvgIpc) is 2.34. The van der Waals surface area contributed by atoms with Gasteiger partial charge in [0, 0.05) is 6.08 Å². The van der Waals surface area contributed by atoms with Crippen LogP contribution in [0.3, 0.4) is 0 Å². The fourth-order valence-corrected chi connectivity index (χ4v) is 0.490. The normalized spacial score (nSPS) is 10.2. The first kappa shape index (κ1) is 5.75. The second kappa shape index (κ2) is 2.81. The molecule has 1 aromatic heterocycles. The van der Waals surface area contributed by atoms with Crippen LogP contribution >= 0.6 is 0 Å². The van der Waals surface area contributed by atoms with Crippen LogP contribution < -0.4 is 0 Å². The van der Waals surface area contributed by atoms with E-state index in [0.29, 0.717) is 5.76 Å². The largest absolute Gasteiger partial charge is 0.465 e. The Morgan fingerprint density at radius 2 is 2.56 bits per heavy atom. The van der Waals surface area contributed by atoms with Gasteiger partial charge < -0.3 is 4.42 Å². The topological polar surface area (TPSA) is 42.6 Å². The van der Waals surface area contributed by atoms with Crippen LogP contribution in [0.25, 0.3) is 6.08 Å². The molecule has 0 fully saturated rings. The molecule has 1 heterocycles. The Morgan fingerprint density at radius 3 is 3.11 bits per heavy atom. The lowest BCUT2D eigenvalue weighted by Gasteiger charge is -1.75. The molecule has 0 radical (unpaired) electrons. The van der Waals surface area contributed by atoms with Crippen molar-refractivity contribution >= 4 is 6.08 Å². The van der Waals surface area contributed by atoms with E-state index in [9.17, 15) is 4.91 Å². The smallest absolute Gasteiger partial charge is 0.128 e. The van der Waals surface area contributed by atoms with Gasteiger partial charge >= 0.3 is 0 Å². The van der Waals surface area contributed by atoms with Crippen molar-refractivity contribution in [1.82, 2.24) is 0 Å². The molecule has 3 heteroatoms.